The van der Waals surface area contributed by atoms with Crippen LogP contribution in [-0.4, -0.2) is 8.42 Å². The second kappa shape index (κ2) is 5.49. The summed E-state index contributed by atoms with van der Waals surface area (Å²) in [7, 11) is -3.75. The van der Waals surface area contributed by atoms with E-state index in [0.717, 1.165) is 18.2 Å². The third-order valence-electron chi connectivity index (χ3n) is 2.59. The van der Waals surface area contributed by atoms with Gasteiger partial charge in [-0.2, -0.15) is 0 Å². The molecule has 0 aliphatic rings. The Morgan fingerprint density at radius 3 is 2.40 bits per heavy atom. The monoisotopic (exact) mass is 361 g/mol. The zero-order chi connectivity index (χ0) is 14.9. The number of benzene rings is 2. The molecular formula is C13H10BrF2NO2S. The van der Waals surface area contributed by atoms with Gasteiger partial charge in [-0.15, -0.1) is 0 Å². The molecule has 0 fully saturated rings. The van der Waals surface area contributed by atoms with Gasteiger partial charge >= 0.3 is 0 Å². The van der Waals surface area contributed by atoms with Crippen molar-refractivity contribution in [2.24, 2.45) is 0 Å². The fourth-order valence-electron chi connectivity index (χ4n) is 1.70. The van der Waals surface area contributed by atoms with E-state index in [-0.39, 0.29) is 20.8 Å². The van der Waals surface area contributed by atoms with Crippen LogP contribution < -0.4 is 5.73 Å². The number of rotatable bonds is 3. The van der Waals surface area contributed by atoms with Gasteiger partial charge in [0.25, 0.3) is 0 Å². The predicted molar refractivity (Wildman–Crippen MR) is 75.8 cm³/mol. The minimum Gasteiger partial charge on any atom is -0.399 e. The van der Waals surface area contributed by atoms with Crippen LogP contribution in [0.2, 0.25) is 0 Å². The van der Waals surface area contributed by atoms with Crippen LogP contribution >= 0.6 is 15.9 Å². The summed E-state index contributed by atoms with van der Waals surface area (Å²) in [6.07, 6.45) is 0. The molecule has 0 aromatic heterocycles. The summed E-state index contributed by atoms with van der Waals surface area (Å²) in [6.45, 7) is 0. The molecule has 0 aliphatic heterocycles. The quantitative estimate of drug-likeness (QED) is 0.853. The smallest absolute Gasteiger partial charge is 0.182 e. The van der Waals surface area contributed by atoms with Gasteiger partial charge in [-0.05, 0) is 51.8 Å². The minimum absolute atomic E-state index is 0.0314. The third-order valence-corrected chi connectivity index (χ3v) is 4.87. The lowest BCUT2D eigenvalue weighted by atomic mass is 10.2. The summed E-state index contributed by atoms with van der Waals surface area (Å²) in [5.41, 5.74) is 5.85. The summed E-state index contributed by atoms with van der Waals surface area (Å²) in [6, 6.07) is 7.03. The Balaban J connectivity index is 2.37. The van der Waals surface area contributed by atoms with Crippen LogP contribution in [0.25, 0.3) is 0 Å². The van der Waals surface area contributed by atoms with E-state index in [2.05, 4.69) is 15.9 Å². The van der Waals surface area contributed by atoms with E-state index in [0.29, 0.717) is 5.56 Å². The Bertz CT molecular complexity index is 743. The van der Waals surface area contributed by atoms with E-state index >= 15 is 0 Å². The highest BCUT2D eigenvalue weighted by atomic mass is 79.9. The molecule has 0 atom stereocenters. The fourth-order valence-corrected chi connectivity index (χ4v) is 3.52. The molecule has 2 aromatic rings. The van der Waals surface area contributed by atoms with Crippen molar-refractivity contribution in [2.45, 2.75) is 10.6 Å². The molecule has 0 amide bonds. The molecule has 0 bridgehead atoms. The van der Waals surface area contributed by atoms with Gasteiger partial charge in [0.05, 0.1) is 15.1 Å². The predicted octanol–water partition coefficient (Wildman–Crippen LogP) is 3.28. The molecule has 0 radical (unpaired) electrons. The molecular weight excluding hydrogens is 352 g/mol. The van der Waals surface area contributed by atoms with E-state index < -0.39 is 21.5 Å². The maximum atomic E-state index is 13.2. The van der Waals surface area contributed by atoms with Crippen molar-refractivity contribution in [3.63, 3.8) is 0 Å². The molecule has 0 saturated carbocycles. The van der Waals surface area contributed by atoms with Gasteiger partial charge in [-0.25, -0.2) is 17.2 Å². The lowest BCUT2D eigenvalue weighted by Gasteiger charge is -2.07. The summed E-state index contributed by atoms with van der Waals surface area (Å²) in [4.78, 5) is -0.199. The van der Waals surface area contributed by atoms with Crippen LogP contribution in [-0.2, 0) is 15.6 Å². The maximum Gasteiger partial charge on any atom is 0.182 e. The molecule has 7 heteroatoms. The Hall–Kier alpha value is -1.47. The Morgan fingerprint density at radius 1 is 1.10 bits per heavy atom. The average molecular weight is 362 g/mol. The first-order valence-electron chi connectivity index (χ1n) is 5.51. The van der Waals surface area contributed by atoms with Gasteiger partial charge in [0, 0.05) is 5.69 Å². The van der Waals surface area contributed by atoms with Gasteiger partial charge in [-0.3, -0.25) is 0 Å². The number of hydrogen-bond donors (Lipinski definition) is 1. The number of nitrogen functional groups attached to an aromatic ring is 1. The molecule has 20 heavy (non-hydrogen) atoms. The van der Waals surface area contributed by atoms with Gasteiger partial charge in [0.1, 0.15) is 11.6 Å². The van der Waals surface area contributed by atoms with Crippen LogP contribution in [0.5, 0.6) is 0 Å². The molecule has 106 valence electrons. The largest absolute Gasteiger partial charge is 0.399 e. The normalized spacial score (nSPS) is 11.6. The van der Waals surface area contributed by atoms with Gasteiger partial charge in [-0.1, -0.05) is 6.07 Å². The van der Waals surface area contributed by atoms with E-state index in [1.54, 1.807) is 0 Å². The van der Waals surface area contributed by atoms with E-state index in [1.807, 2.05) is 0 Å². The van der Waals surface area contributed by atoms with Gasteiger partial charge < -0.3 is 5.73 Å². The lowest BCUT2D eigenvalue weighted by Crippen LogP contribution is -2.06. The fraction of sp³-hybridized carbons (Fsp3) is 0.0769. The number of sulfone groups is 1. The van der Waals surface area contributed by atoms with E-state index in [1.165, 1.54) is 18.2 Å². The van der Waals surface area contributed by atoms with Crippen LogP contribution in [0.4, 0.5) is 14.5 Å². The van der Waals surface area contributed by atoms with Crippen LogP contribution in [0.1, 0.15) is 5.56 Å². The van der Waals surface area contributed by atoms with Crippen molar-refractivity contribution in [2.75, 3.05) is 5.73 Å². The Morgan fingerprint density at radius 2 is 1.80 bits per heavy atom. The molecule has 2 rings (SSSR count). The number of hydrogen-bond acceptors (Lipinski definition) is 3. The standard InChI is InChI=1S/C13H10BrF2NO2S/c14-12-3-8(1-2-13(12)16)7-20(18,19)11-5-9(15)4-10(17)6-11/h1-6H,7,17H2. The van der Waals surface area contributed by atoms with Crippen molar-refractivity contribution in [3.8, 4) is 0 Å². The number of halogens is 3. The SMILES string of the molecule is Nc1cc(F)cc(S(=O)(=O)Cc2ccc(F)c(Br)c2)c1. The first kappa shape index (κ1) is 14.9. The molecule has 0 heterocycles. The first-order valence-corrected chi connectivity index (χ1v) is 7.95. The Kier molecular flexibility index (Phi) is 4.10. The van der Waals surface area contributed by atoms with E-state index in [4.69, 9.17) is 5.73 Å². The second-order valence-corrected chi connectivity index (χ2v) is 7.07. The van der Waals surface area contributed by atoms with Crippen molar-refractivity contribution in [1.82, 2.24) is 0 Å². The van der Waals surface area contributed by atoms with Crippen molar-refractivity contribution in [3.05, 3.63) is 58.1 Å². The van der Waals surface area contributed by atoms with E-state index in [9.17, 15) is 17.2 Å². The molecule has 2 aromatic carbocycles. The highest BCUT2D eigenvalue weighted by molar-refractivity contribution is 9.10. The number of anilines is 1. The van der Waals surface area contributed by atoms with Gasteiger partial charge in [0.15, 0.2) is 9.84 Å². The van der Waals surface area contributed by atoms with Crippen LogP contribution in [0.15, 0.2) is 45.8 Å². The first-order chi connectivity index (χ1) is 9.28. The second-order valence-electron chi connectivity index (χ2n) is 4.23. The topological polar surface area (TPSA) is 60.2 Å². The van der Waals surface area contributed by atoms with Crippen molar-refractivity contribution < 1.29 is 17.2 Å². The molecule has 0 saturated heterocycles. The highest BCUT2D eigenvalue weighted by Gasteiger charge is 2.17. The molecule has 0 spiro atoms. The molecule has 3 nitrogen and oxygen atoms in total. The van der Waals surface area contributed by atoms with Crippen molar-refractivity contribution in [1.29, 1.82) is 0 Å². The van der Waals surface area contributed by atoms with Crippen LogP contribution in [0, 0.1) is 11.6 Å². The number of nitrogens with two attached hydrogens (primary N) is 1. The molecule has 0 unspecified atom stereocenters. The summed E-state index contributed by atoms with van der Waals surface area (Å²) < 4.78 is 50.8. The minimum atomic E-state index is -3.75. The molecule has 0 aliphatic carbocycles. The summed E-state index contributed by atoms with van der Waals surface area (Å²) >= 11 is 2.98. The van der Waals surface area contributed by atoms with Crippen LogP contribution in [0.3, 0.4) is 0 Å². The van der Waals surface area contributed by atoms with Gasteiger partial charge in [0.2, 0.25) is 0 Å². The summed E-state index contributed by atoms with van der Waals surface area (Å²) in [5.74, 6) is -1.57. The zero-order valence-corrected chi connectivity index (χ0v) is 12.5. The highest BCUT2D eigenvalue weighted by Crippen LogP contribution is 2.23. The summed E-state index contributed by atoms with van der Waals surface area (Å²) in [5, 5.41) is 0. The lowest BCUT2D eigenvalue weighted by molar-refractivity contribution is 0.590. The average Bonchev–Trinajstić information content (AvgIpc) is 2.32. The zero-order valence-electron chi connectivity index (χ0n) is 10.1. The third kappa shape index (κ3) is 3.34. The molecule has 2 N–H and O–H groups in total. The maximum absolute atomic E-state index is 13.2. The van der Waals surface area contributed by atoms with Crippen molar-refractivity contribution >= 4 is 31.5 Å². The Labute approximate surface area is 123 Å².